The van der Waals surface area contributed by atoms with Crippen molar-refractivity contribution in [3.63, 3.8) is 0 Å². The standard InChI is InChI=1S/C27H26F3N3O3S/c1-4-21-23(25(35)36-3)24(18-9-5-7-16(2)11-18)33-20(15-37-26(33)32-21)13-22(34)31-14-17-8-6-10-19(12-17)27(28,29)30/h5-12,15,24H,4,13-14H2,1-3H3,(H,31,34). The molecule has 2 aromatic carbocycles. The third-order valence-electron chi connectivity index (χ3n) is 6.07. The van der Waals surface area contributed by atoms with Crippen LogP contribution in [0.1, 0.15) is 48.1 Å². The van der Waals surface area contributed by atoms with E-state index in [4.69, 9.17) is 4.74 Å². The van der Waals surface area contributed by atoms with Crippen LogP contribution in [-0.4, -0.2) is 29.1 Å². The van der Waals surface area contributed by atoms with Gasteiger partial charge in [0.25, 0.3) is 0 Å². The van der Waals surface area contributed by atoms with E-state index in [1.54, 1.807) is 0 Å². The average Bonchev–Trinajstić information content (AvgIpc) is 3.27. The van der Waals surface area contributed by atoms with E-state index in [0.717, 1.165) is 23.3 Å². The molecular weight excluding hydrogens is 503 g/mol. The minimum Gasteiger partial charge on any atom is -0.466 e. The van der Waals surface area contributed by atoms with Crippen LogP contribution in [0.15, 0.2) is 75.9 Å². The summed E-state index contributed by atoms with van der Waals surface area (Å²) in [6, 6.07) is 12.1. The van der Waals surface area contributed by atoms with Gasteiger partial charge in [-0.15, -0.1) is 0 Å². The van der Waals surface area contributed by atoms with Crippen LogP contribution >= 0.6 is 11.8 Å². The fourth-order valence-corrected chi connectivity index (χ4v) is 5.29. The summed E-state index contributed by atoms with van der Waals surface area (Å²) in [5.74, 6) is -0.852. The summed E-state index contributed by atoms with van der Waals surface area (Å²) in [6.45, 7) is 3.83. The molecule has 2 aliphatic heterocycles. The Morgan fingerprint density at radius 1 is 1.16 bits per heavy atom. The number of hydrogen-bond acceptors (Lipinski definition) is 6. The number of methoxy groups -OCH3 is 1. The lowest BCUT2D eigenvalue weighted by Crippen LogP contribution is -2.38. The Kier molecular flexibility index (Phi) is 7.77. The summed E-state index contributed by atoms with van der Waals surface area (Å²) in [5, 5.41) is 5.17. The molecule has 2 aliphatic rings. The largest absolute Gasteiger partial charge is 0.466 e. The number of carbonyl (C=O) groups is 2. The zero-order valence-electron chi connectivity index (χ0n) is 20.6. The monoisotopic (exact) mass is 529 g/mol. The third kappa shape index (κ3) is 5.74. The van der Waals surface area contributed by atoms with Crippen molar-refractivity contribution in [2.75, 3.05) is 7.11 Å². The van der Waals surface area contributed by atoms with Gasteiger partial charge in [-0.2, -0.15) is 13.2 Å². The van der Waals surface area contributed by atoms with Crippen molar-refractivity contribution in [1.82, 2.24) is 10.2 Å². The lowest BCUT2D eigenvalue weighted by Gasteiger charge is -2.36. The highest BCUT2D eigenvalue weighted by Crippen LogP contribution is 2.45. The highest BCUT2D eigenvalue weighted by atomic mass is 32.2. The van der Waals surface area contributed by atoms with Crippen LogP contribution in [0.25, 0.3) is 0 Å². The van der Waals surface area contributed by atoms with E-state index in [1.807, 2.05) is 48.4 Å². The first-order valence-electron chi connectivity index (χ1n) is 11.7. The number of allylic oxidation sites excluding steroid dienone is 1. The molecule has 0 spiro atoms. The second-order valence-corrected chi connectivity index (χ2v) is 9.50. The van der Waals surface area contributed by atoms with Crippen molar-refractivity contribution in [1.29, 1.82) is 0 Å². The Labute approximate surface area is 217 Å². The third-order valence-corrected chi connectivity index (χ3v) is 6.96. The Balaban J connectivity index is 1.58. The molecule has 0 bridgehead atoms. The predicted octanol–water partition coefficient (Wildman–Crippen LogP) is 5.86. The zero-order chi connectivity index (χ0) is 26.7. The fourth-order valence-electron chi connectivity index (χ4n) is 4.35. The van der Waals surface area contributed by atoms with Crippen LogP contribution in [0.5, 0.6) is 0 Å². The Morgan fingerprint density at radius 2 is 1.92 bits per heavy atom. The molecule has 0 saturated heterocycles. The number of alkyl halides is 3. The first kappa shape index (κ1) is 26.5. The number of esters is 1. The van der Waals surface area contributed by atoms with Gasteiger partial charge in [0, 0.05) is 12.2 Å². The van der Waals surface area contributed by atoms with Crippen molar-refractivity contribution in [3.8, 4) is 0 Å². The molecule has 2 heterocycles. The number of amides is 1. The molecule has 0 saturated carbocycles. The summed E-state index contributed by atoms with van der Waals surface area (Å²) in [6.07, 6.45) is -3.97. The molecular formula is C27H26F3N3O3S. The van der Waals surface area contributed by atoms with Crippen LogP contribution in [-0.2, 0) is 27.0 Å². The minimum atomic E-state index is -4.46. The molecule has 194 valence electrons. The van der Waals surface area contributed by atoms with Crippen molar-refractivity contribution < 1.29 is 27.5 Å². The van der Waals surface area contributed by atoms with E-state index < -0.39 is 23.8 Å². The lowest BCUT2D eigenvalue weighted by molar-refractivity contribution is -0.138. The maximum Gasteiger partial charge on any atom is 0.416 e. The number of nitrogens with one attached hydrogen (secondary N) is 1. The molecule has 1 atom stereocenters. The number of ether oxygens (including phenoxy) is 1. The fraction of sp³-hybridized carbons (Fsp3) is 0.296. The van der Waals surface area contributed by atoms with Gasteiger partial charge < -0.3 is 15.0 Å². The quantitative estimate of drug-likeness (QED) is 0.455. The van der Waals surface area contributed by atoms with Gasteiger partial charge in [-0.25, -0.2) is 9.79 Å². The van der Waals surface area contributed by atoms with Crippen LogP contribution in [0.2, 0.25) is 0 Å². The number of halogens is 3. The van der Waals surface area contributed by atoms with E-state index in [9.17, 15) is 22.8 Å². The number of aryl methyl sites for hydroxylation is 1. The maximum atomic E-state index is 13.0. The average molecular weight is 530 g/mol. The summed E-state index contributed by atoms with van der Waals surface area (Å²) in [4.78, 5) is 32.3. The summed E-state index contributed by atoms with van der Waals surface area (Å²) in [5.41, 5.74) is 3.13. The molecule has 1 unspecified atom stereocenters. The lowest BCUT2D eigenvalue weighted by atomic mass is 9.92. The number of amidine groups is 1. The van der Waals surface area contributed by atoms with E-state index in [1.165, 1.54) is 31.0 Å². The molecule has 0 aliphatic carbocycles. The van der Waals surface area contributed by atoms with Crippen molar-refractivity contribution in [2.45, 2.75) is 45.5 Å². The summed E-state index contributed by atoms with van der Waals surface area (Å²) < 4.78 is 44.2. The number of aliphatic imine (C=N–C) groups is 1. The molecule has 4 rings (SSSR count). The minimum absolute atomic E-state index is 0.0385. The number of hydrogen-bond donors (Lipinski definition) is 1. The zero-order valence-corrected chi connectivity index (χ0v) is 21.4. The topological polar surface area (TPSA) is 71.0 Å². The van der Waals surface area contributed by atoms with Crippen molar-refractivity contribution >= 4 is 28.8 Å². The van der Waals surface area contributed by atoms with E-state index in [-0.39, 0.29) is 18.9 Å². The van der Waals surface area contributed by atoms with Crippen LogP contribution in [0, 0.1) is 6.92 Å². The van der Waals surface area contributed by atoms with Gasteiger partial charge in [0.1, 0.15) is 0 Å². The van der Waals surface area contributed by atoms with Gasteiger partial charge in [0.2, 0.25) is 5.91 Å². The summed E-state index contributed by atoms with van der Waals surface area (Å²) >= 11 is 1.36. The molecule has 37 heavy (non-hydrogen) atoms. The van der Waals surface area contributed by atoms with E-state index in [0.29, 0.717) is 34.1 Å². The van der Waals surface area contributed by atoms with Crippen LogP contribution < -0.4 is 5.32 Å². The van der Waals surface area contributed by atoms with Gasteiger partial charge in [-0.1, -0.05) is 60.6 Å². The number of benzene rings is 2. The molecule has 6 nitrogen and oxygen atoms in total. The predicted molar refractivity (Wildman–Crippen MR) is 136 cm³/mol. The van der Waals surface area contributed by atoms with Gasteiger partial charge >= 0.3 is 12.1 Å². The normalized spacial score (nSPS) is 17.2. The molecule has 0 radical (unpaired) electrons. The molecule has 0 aromatic heterocycles. The van der Waals surface area contributed by atoms with Gasteiger partial charge in [-0.05, 0) is 42.0 Å². The highest BCUT2D eigenvalue weighted by molar-refractivity contribution is 8.16. The Hall–Kier alpha value is -3.53. The number of rotatable bonds is 7. The van der Waals surface area contributed by atoms with E-state index in [2.05, 4.69) is 10.3 Å². The van der Waals surface area contributed by atoms with Crippen LogP contribution in [0.3, 0.4) is 0 Å². The SMILES string of the molecule is CCC1=C(C(=O)OC)C(c2cccc(C)c2)N2C(CC(=O)NCc3cccc(C(F)(F)F)c3)=CSC2=N1. The maximum absolute atomic E-state index is 13.0. The molecule has 1 N–H and O–H groups in total. The van der Waals surface area contributed by atoms with Crippen molar-refractivity contribution in [3.05, 3.63) is 93.2 Å². The van der Waals surface area contributed by atoms with Crippen molar-refractivity contribution in [2.24, 2.45) is 4.99 Å². The second-order valence-electron chi connectivity index (χ2n) is 8.67. The molecule has 2 aromatic rings. The van der Waals surface area contributed by atoms with Gasteiger partial charge in [-0.3, -0.25) is 4.79 Å². The highest BCUT2D eigenvalue weighted by Gasteiger charge is 2.41. The Bertz CT molecular complexity index is 1320. The number of thioether (sulfide) groups is 1. The van der Waals surface area contributed by atoms with E-state index >= 15 is 0 Å². The molecule has 1 amide bonds. The molecule has 10 heteroatoms. The second kappa shape index (κ2) is 10.8. The summed E-state index contributed by atoms with van der Waals surface area (Å²) in [7, 11) is 1.33. The first-order chi connectivity index (χ1) is 17.6. The number of nitrogens with zero attached hydrogens (tertiary/aromatic N) is 2. The number of carbonyl (C=O) groups excluding carboxylic acids is 2. The van der Waals surface area contributed by atoms with Crippen LogP contribution in [0.4, 0.5) is 13.2 Å². The van der Waals surface area contributed by atoms with Gasteiger partial charge in [0.05, 0.1) is 36.4 Å². The number of fused-ring (bicyclic) bond motifs is 1. The Morgan fingerprint density at radius 3 is 2.59 bits per heavy atom. The first-order valence-corrected chi connectivity index (χ1v) is 12.5. The smallest absolute Gasteiger partial charge is 0.416 e. The van der Waals surface area contributed by atoms with Gasteiger partial charge in [0.15, 0.2) is 5.17 Å². The molecule has 0 fully saturated rings.